The summed E-state index contributed by atoms with van der Waals surface area (Å²) in [5.41, 5.74) is 2.42. The van der Waals surface area contributed by atoms with Gasteiger partial charge in [-0.1, -0.05) is 11.6 Å². The molecule has 0 bridgehead atoms. The van der Waals surface area contributed by atoms with Crippen molar-refractivity contribution in [1.29, 1.82) is 0 Å². The lowest BCUT2D eigenvalue weighted by molar-refractivity contribution is -0.120. The van der Waals surface area contributed by atoms with Crippen LogP contribution in [-0.4, -0.2) is 46.0 Å². The number of carbonyl (C=O) groups is 2. The Balaban J connectivity index is 1.83. The Morgan fingerprint density at radius 3 is 3.00 bits per heavy atom. The summed E-state index contributed by atoms with van der Waals surface area (Å²) >= 11 is 0. The van der Waals surface area contributed by atoms with E-state index in [1.807, 2.05) is 25.1 Å². The Morgan fingerprint density at radius 2 is 2.23 bits per heavy atom. The number of piperidine rings is 1. The monoisotopic (exact) mass is 300 g/mol. The Hall–Kier alpha value is -2.37. The molecule has 1 aromatic carbocycles. The molecule has 1 aromatic heterocycles. The number of nitrogens with one attached hydrogen (secondary N) is 2. The van der Waals surface area contributed by atoms with Crippen LogP contribution in [0.3, 0.4) is 0 Å². The molecule has 0 radical (unpaired) electrons. The highest BCUT2D eigenvalue weighted by Crippen LogP contribution is 2.20. The Morgan fingerprint density at radius 1 is 1.41 bits per heavy atom. The molecule has 2 amide bonds. The van der Waals surface area contributed by atoms with Crippen LogP contribution in [0.1, 0.15) is 35.8 Å². The topological polar surface area (TPSA) is 78.1 Å². The van der Waals surface area contributed by atoms with E-state index in [2.05, 4.69) is 15.5 Å². The van der Waals surface area contributed by atoms with E-state index >= 15 is 0 Å². The zero-order valence-electron chi connectivity index (χ0n) is 12.8. The SMILES string of the molecule is CC(=O)NC1CCCN(C(=O)c2n[nH]c3ccc(C)cc23)C1. The number of aromatic nitrogens is 2. The number of amides is 2. The molecule has 1 aliphatic rings. The van der Waals surface area contributed by atoms with Crippen LogP contribution in [0.2, 0.25) is 0 Å². The van der Waals surface area contributed by atoms with Gasteiger partial charge in [0.05, 0.1) is 5.52 Å². The van der Waals surface area contributed by atoms with Crippen molar-refractivity contribution in [3.8, 4) is 0 Å². The lowest BCUT2D eigenvalue weighted by Gasteiger charge is -2.32. The molecule has 6 heteroatoms. The molecule has 2 heterocycles. The Bertz CT molecular complexity index is 722. The van der Waals surface area contributed by atoms with Gasteiger partial charge < -0.3 is 10.2 Å². The number of hydrogen-bond donors (Lipinski definition) is 2. The fraction of sp³-hybridized carbons (Fsp3) is 0.438. The third kappa shape index (κ3) is 2.81. The molecule has 1 fully saturated rings. The van der Waals surface area contributed by atoms with Crippen molar-refractivity contribution >= 4 is 22.7 Å². The number of likely N-dealkylation sites (tertiary alicyclic amines) is 1. The molecule has 22 heavy (non-hydrogen) atoms. The number of benzene rings is 1. The minimum absolute atomic E-state index is 0.0298. The predicted molar refractivity (Wildman–Crippen MR) is 83.6 cm³/mol. The summed E-state index contributed by atoms with van der Waals surface area (Å²) in [5.74, 6) is -0.132. The van der Waals surface area contributed by atoms with E-state index in [1.54, 1.807) is 4.90 Å². The summed E-state index contributed by atoms with van der Waals surface area (Å²) in [4.78, 5) is 25.7. The molecule has 0 saturated carbocycles. The highest BCUT2D eigenvalue weighted by molar-refractivity contribution is 6.04. The zero-order chi connectivity index (χ0) is 15.7. The van der Waals surface area contributed by atoms with Crippen LogP contribution < -0.4 is 5.32 Å². The van der Waals surface area contributed by atoms with E-state index < -0.39 is 0 Å². The van der Waals surface area contributed by atoms with Gasteiger partial charge in [-0.3, -0.25) is 14.7 Å². The number of aromatic amines is 1. The van der Waals surface area contributed by atoms with E-state index in [4.69, 9.17) is 0 Å². The first-order valence-electron chi connectivity index (χ1n) is 7.55. The second-order valence-corrected chi connectivity index (χ2v) is 5.91. The van der Waals surface area contributed by atoms with Crippen molar-refractivity contribution in [2.45, 2.75) is 32.7 Å². The molecule has 3 rings (SSSR count). The first-order valence-corrected chi connectivity index (χ1v) is 7.55. The van der Waals surface area contributed by atoms with Crippen LogP contribution in [0.15, 0.2) is 18.2 Å². The second kappa shape index (κ2) is 5.79. The third-order valence-electron chi connectivity index (χ3n) is 4.04. The van der Waals surface area contributed by atoms with Crippen LogP contribution in [0.4, 0.5) is 0 Å². The highest BCUT2D eigenvalue weighted by Gasteiger charge is 2.27. The van der Waals surface area contributed by atoms with E-state index in [-0.39, 0.29) is 17.9 Å². The molecule has 0 aliphatic carbocycles. The maximum atomic E-state index is 12.7. The Labute approximate surface area is 128 Å². The van der Waals surface area contributed by atoms with Gasteiger partial charge in [0.15, 0.2) is 5.69 Å². The maximum Gasteiger partial charge on any atom is 0.275 e. The van der Waals surface area contributed by atoms with Gasteiger partial charge in [-0.2, -0.15) is 5.10 Å². The molecule has 6 nitrogen and oxygen atoms in total. The van der Waals surface area contributed by atoms with Crippen LogP contribution in [0, 0.1) is 6.92 Å². The zero-order valence-corrected chi connectivity index (χ0v) is 12.8. The fourth-order valence-electron chi connectivity index (χ4n) is 3.01. The number of aryl methyl sites for hydroxylation is 1. The molecule has 2 N–H and O–H groups in total. The van der Waals surface area contributed by atoms with Crippen LogP contribution in [-0.2, 0) is 4.79 Å². The summed E-state index contributed by atoms with van der Waals surface area (Å²) in [5, 5.41) is 10.9. The van der Waals surface area contributed by atoms with Crippen molar-refractivity contribution in [3.63, 3.8) is 0 Å². The Kier molecular flexibility index (Phi) is 3.83. The van der Waals surface area contributed by atoms with Gasteiger partial charge in [0.2, 0.25) is 5.91 Å². The predicted octanol–water partition coefficient (Wildman–Crippen LogP) is 1.61. The molecule has 1 atom stereocenters. The van der Waals surface area contributed by atoms with Gasteiger partial charge in [-0.05, 0) is 31.9 Å². The van der Waals surface area contributed by atoms with E-state index in [0.717, 1.165) is 29.3 Å². The summed E-state index contributed by atoms with van der Waals surface area (Å²) in [6.07, 6.45) is 1.79. The lowest BCUT2D eigenvalue weighted by atomic mass is 10.0. The number of nitrogens with zero attached hydrogens (tertiary/aromatic N) is 2. The second-order valence-electron chi connectivity index (χ2n) is 5.91. The smallest absolute Gasteiger partial charge is 0.275 e. The number of rotatable bonds is 2. The highest BCUT2D eigenvalue weighted by atomic mass is 16.2. The van der Waals surface area contributed by atoms with Gasteiger partial charge in [-0.15, -0.1) is 0 Å². The molecule has 2 aromatic rings. The summed E-state index contributed by atoms with van der Waals surface area (Å²) in [6.45, 7) is 4.74. The average molecular weight is 300 g/mol. The van der Waals surface area contributed by atoms with Crippen LogP contribution in [0.5, 0.6) is 0 Å². The minimum Gasteiger partial charge on any atom is -0.352 e. The largest absolute Gasteiger partial charge is 0.352 e. The molecule has 0 spiro atoms. The van der Waals surface area contributed by atoms with Gasteiger partial charge in [-0.25, -0.2) is 0 Å². The lowest BCUT2D eigenvalue weighted by Crippen LogP contribution is -2.49. The van der Waals surface area contributed by atoms with E-state index in [0.29, 0.717) is 18.8 Å². The molecule has 1 aliphatic heterocycles. The summed E-state index contributed by atoms with van der Waals surface area (Å²) in [7, 11) is 0. The van der Waals surface area contributed by atoms with Crippen LogP contribution >= 0.6 is 0 Å². The van der Waals surface area contributed by atoms with Gasteiger partial charge in [0.1, 0.15) is 0 Å². The van der Waals surface area contributed by atoms with Gasteiger partial charge >= 0.3 is 0 Å². The van der Waals surface area contributed by atoms with Crippen molar-refractivity contribution in [2.24, 2.45) is 0 Å². The van der Waals surface area contributed by atoms with Gasteiger partial charge in [0.25, 0.3) is 5.91 Å². The van der Waals surface area contributed by atoms with E-state index in [9.17, 15) is 9.59 Å². The third-order valence-corrected chi connectivity index (χ3v) is 4.04. The fourth-order valence-corrected chi connectivity index (χ4v) is 3.01. The average Bonchev–Trinajstić information content (AvgIpc) is 2.89. The molecule has 1 unspecified atom stereocenters. The van der Waals surface area contributed by atoms with Crippen molar-refractivity contribution in [3.05, 3.63) is 29.5 Å². The molecular weight excluding hydrogens is 280 g/mol. The maximum absolute atomic E-state index is 12.7. The first kappa shape index (κ1) is 14.6. The molecule has 1 saturated heterocycles. The van der Waals surface area contributed by atoms with Crippen molar-refractivity contribution < 1.29 is 9.59 Å². The first-order chi connectivity index (χ1) is 10.5. The van der Waals surface area contributed by atoms with Crippen LogP contribution in [0.25, 0.3) is 10.9 Å². The number of fused-ring (bicyclic) bond motifs is 1. The minimum atomic E-state index is -0.0769. The summed E-state index contributed by atoms with van der Waals surface area (Å²) in [6, 6.07) is 5.93. The van der Waals surface area contributed by atoms with Crippen molar-refractivity contribution in [2.75, 3.05) is 13.1 Å². The number of hydrogen-bond acceptors (Lipinski definition) is 3. The molecule has 116 valence electrons. The standard InChI is InChI=1S/C16H20N4O2/c1-10-5-6-14-13(8-10)15(19-18-14)16(22)20-7-3-4-12(9-20)17-11(2)21/h5-6,8,12H,3-4,7,9H2,1-2H3,(H,17,21)(H,18,19). The van der Waals surface area contributed by atoms with E-state index in [1.165, 1.54) is 6.92 Å². The van der Waals surface area contributed by atoms with Crippen molar-refractivity contribution in [1.82, 2.24) is 20.4 Å². The number of H-pyrrole nitrogens is 1. The normalized spacial score (nSPS) is 18.5. The summed E-state index contributed by atoms with van der Waals surface area (Å²) < 4.78 is 0. The molecular formula is C16H20N4O2. The quantitative estimate of drug-likeness (QED) is 0.884. The van der Waals surface area contributed by atoms with Gasteiger partial charge in [0, 0.05) is 31.4 Å². The number of carbonyl (C=O) groups excluding carboxylic acids is 2.